The largest absolute Gasteiger partial charge is 0.569 e. The summed E-state index contributed by atoms with van der Waals surface area (Å²) in [5.74, 6) is 0.579. The summed E-state index contributed by atoms with van der Waals surface area (Å²) in [6.07, 6.45) is 0. The maximum atomic E-state index is 8.76. The second-order valence-corrected chi connectivity index (χ2v) is 4.64. The van der Waals surface area contributed by atoms with E-state index < -0.39 is 0 Å². The molecule has 1 heterocycles. The molecule has 0 aliphatic carbocycles. The first-order valence-corrected chi connectivity index (χ1v) is 6.33. The van der Waals surface area contributed by atoms with Crippen molar-refractivity contribution < 1.29 is 14.1 Å². The van der Waals surface area contributed by atoms with Gasteiger partial charge >= 0.3 is 7.69 Å². The number of fused-ring (bicyclic) bond motifs is 5. The highest BCUT2D eigenvalue weighted by Crippen LogP contribution is 2.36. The van der Waals surface area contributed by atoms with Gasteiger partial charge in [-0.1, -0.05) is 30.3 Å². The van der Waals surface area contributed by atoms with Gasteiger partial charge in [-0.25, -0.2) is 0 Å². The van der Waals surface area contributed by atoms with E-state index in [1.165, 1.54) is 5.39 Å². The molecule has 4 aromatic rings. The van der Waals surface area contributed by atoms with Crippen LogP contribution in [0.3, 0.4) is 0 Å². The van der Waals surface area contributed by atoms with Gasteiger partial charge in [0.1, 0.15) is 16.9 Å². The summed E-state index contributed by atoms with van der Waals surface area (Å²) in [5, 5.41) is 13.1. The lowest BCUT2D eigenvalue weighted by molar-refractivity contribution is 0.454. The van der Waals surface area contributed by atoms with Crippen molar-refractivity contribution in [2.24, 2.45) is 0 Å². The second kappa shape index (κ2) is 4.29. The molecule has 1 aromatic heterocycles. The standard InChI is InChI=1S/C16H10BO3/c18-17-20-11-6-8-14-13(9-11)16-12-4-2-1-3-10(12)5-7-15(16)19-14/h1-9,18H. The lowest BCUT2D eigenvalue weighted by Gasteiger charge is -2.01. The van der Waals surface area contributed by atoms with E-state index in [1.54, 1.807) is 6.07 Å². The first-order chi connectivity index (χ1) is 9.86. The minimum absolute atomic E-state index is 0.579. The molecular weight excluding hydrogens is 251 g/mol. The fourth-order valence-corrected chi connectivity index (χ4v) is 2.66. The zero-order chi connectivity index (χ0) is 13.5. The van der Waals surface area contributed by atoms with Gasteiger partial charge in [0.2, 0.25) is 0 Å². The van der Waals surface area contributed by atoms with E-state index in [1.807, 2.05) is 30.3 Å². The van der Waals surface area contributed by atoms with Crippen molar-refractivity contribution in [3.63, 3.8) is 0 Å². The van der Waals surface area contributed by atoms with E-state index in [-0.39, 0.29) is 0 Å². The van der Waals surface area contributed by atoms with Gasteiger partial charge in [-0.2, -0.15) is 0 Å². The van der Waals surface area contributed by atoms with Crippen molar-refractivity contribution in [1.82, 2.24) is 0 Å². The topological polar surface area (TPSA) is 42.6 Å². The van der Waals surface area contributed by atoms with Crippen LogP contribution in [0.5, 0.6) is 5.75 Å². The summed E-state index contributed by atoms with van der Waals surface area (Å²) < 4.78 is 10.9. The number of hydrogen-bond donors (Lipinski definition) is 1. The molecule has 3 aromatic carbocycles. The zero-order valence-corrected chi connectivity index (χ0v) is 10.5. The highest BCUT2D eigenvalue weighted by molar-refractivity contribution is 6.20. The Hall–Kier alpha value is -2.46. The molecule has 0 fully saturated rings. The van der Waals surface area contributed by atoms with Crippen molar-refractivity contribution in [3.05, 3.63) is 54.6 Å². The molecule has 1 radical (unpaired) electrons. The van der Waals surface area contributed by atoms with Gasteiger partial charge in [-0.3, -0.25) is 0 Å². The first-order valence-electron chi connectivity index (χ1n) is 6.33. The van der Waals surface area contributed by atoms with Crippen molar-refractivity contribution in [2.75, 3.05) is 0 Å². The zero-order valence-electron chi connectivity index (χ0n) is 10.5. The van der Waals surface area contributed by atoms with Crippen LogP contribution in [-0.2, 0) is 0 Å². The van der Waals surface area contributed by atoms with Crippen molar-refractivity contribution in [3.8, 4) is 5.75 Å². The van der Waals surface area contributed by atoms with Crippen LogP contribution < -0.4 is 4.65 Å². The van der Waals surface area contributed by atoms with Crippen LogP contribution in [0.15, 0.2) is 59.0 Å². The summed E-state index contributed by atoms with van der Waals surface area (Å²) in [6, 6.07) is 17.7. The van der Waals surface area contributed by atoms with E-state index in [0.717, 1.165) is 27.3 Å². The Balaban J connectivity index is 2.16. The summed E-state index contributed by atoms with van der Waals surface area (Å²) in [4.78, 5) is 0. The molecule has 0 aliphatic heterocycles. The van der Waals surface area contributed by atoms with Crippen LogP contribution in [-0.4, -0.2) is 12.7 Å². The molecule has 4 heteroatoms. The number of rotatable bonds is 2. The molecule has 0 saturated heterocycles. The minimum atomic E-state index is 0.579. The van der Waals surface area contributed by atoms with Gasteiger partial charge in [0.25, 0.3) is 0 Å². The van der Waals surface area contributed by atoms with Gasteiger partial charge in [-0.15, -0.1) is 0 Å². The molecule has 4 rings (SSSR count). The number of furan rings is 1. The van der Waals surface area contributed by atoms with E-state index in [2.05, 4.69) is 18.2 Å². The van der Waals surface area contributed by atoms with Gasteiger partial charge in [0.05, 0.1) is 0 Å². The van der Waals surface area contributed by atoms with Crippen LogP contribution in [0.4, 0.5) is 0 Å². The SMILES string of the molecule is O[B]Oc1ccc2oc3ccc4ccccc4c3c2c1. The molecule has 3 nitrogen and oxygen atoms in total. The van der Waals surface area contributed by atoms with Crippen LogP contribution in [0, 0.1) is 0 Å². The van der Waals surface area contributed by atoms with E-state index in [0.29, 0.717) is 13.4 Å². The Morgan fingerprint density at radius 2 is 1.75 bits per heavy atom. The van der Waals surface area contributed by atoms with Crippen molar-refractivity contribution >= 4 is 40.4 Å². The predicted octanol–water partition coefficient (Wildman–Crippen LogP) is 3.64. The molecule has 0 atom stereocenters. The smallest absolute Gasteiger partial charge is 0.537 e. The maximum absolute atomic E-state index is 8.76. The van der Waals surface area contributed by atoms with Crippen molar-refractivity contribution in [1.29, 1.82) is 0 Å². The number of hydrogen-bond acceptors (Lipinski definition) is 3. The molecule has 0 unspecified atom stereocenters. The molecule has 0 aliphatic rings. The molecular formula is C16H10BO3. The quantitative estimate of drug-likeness (QED) is 0.560. The fourth-order valence-electron chi connectivity index (χ4n) is 2.66. The summed E-state index contributed by atoms with van der Waals surface area (Å²) in [5.41, 5.74) is 1.66. The third-order valence-electron chi connectivity index (χ3n) is 3.52. The van der Waals surface area contributed by atoms with Crippen LogP contribution in [0.25, 0.3) is 32.7 Å². The van der Waals surface area contributed by atoms with Crippen LogP contribution in [0.1, 0.15) is 0 Å². The van der Waals surface area contributed by atoms with E-state index >= 15 is 0 Å². The molecule has 0 saturated carbocycles. The summed E-state index contributed by atoms with van der Waals surface area (Å²) in [7, 11) is 0.682. The average molecular weight is 261 g/mol. The minimum Gasteiger partial charge on any atom is -0.537 e. The summed E-state index contributed by atoms with van der Waals surface area (Å²) in [6.45, 7) is 0. The fraction of sp³-hybridized carbons (Fsp3) is 0. The van der Waals surface area contributed by atoms with Gasteiger partial charge in [0.15, 0.2) is 0 Å². The molecule has 95 valence electrons. The third-order valence-corrected chi connectivity index (χ3v) is 3.52. The highest BCUT2D eigenvalue weighted by Gasteiger charge is 2.11. The number of benzene rings is 3. The Morgan fingerprint density at radius 3 is 2.65 bits per heavy atom. The monoisotopic (exact) mass is 261 g/mol. The Kier molecular flexibility index (Phi) is 2.44. The van der Waals surface area contributed by atoms with Crippen LogP contribution in [0.2, 0.25) is 0 Å². The van der Waals surface area contributed by atoms with Gasteiger partial charge < -0.3 is 14.1 Å². The highest BCUT2D eigenvalue weighted by atomic mass is 16.5. The lowest BCUT2D eigenvalue weighted by Crippen LogP contribution is -1.99. The Morgan fingerprint density at radius 1 is 0.900 bits per heavy atom. The van der Waals surface area contributed by atoms with E-state index in [9.17, 15) is 0 Å². The average Bonchev–Trinajstić information content (AvgIpc) is 2.86. The van der Waals surface area contributed by atoms with Gasteiger partial charge in [-0.05, 0) is 35.0 Å². The summed E-state index contributed by atoms with van der Waals surface area (Å²) >= 11 is 0. The third kappa shape index (κ3) is 1.59. The molecule has 0 bridgehead atoms. The van der Waals surface area contributed by atoms with Gasteiger partial charge in [0, 0.05) is 10.8 Å². The normalized spacial score (nSPS) is 11.2. The Bertz CT molecular complexity index is 927. The molecule has 20 heavy (non-hydrogen) atoms. The second-order valence-electron chi connectivity index (χ2n) is 4.64. The molecule has 0 amide bonds. The maximum Gasteiger partial charge on any atom is 0.569 e. The Labute approximate surface area is 115 Å². The van der Waals surface area contributed by atoms with E-state index in [4.69, 9.17) is 14.1 Å². The molecule has 1 N–H and O–H groups in total. The lowest BCUT2D eigenvalue weighted by atomic mass is 10.0. The van der Waals surface area contributed by atoms with Crippen LogP contribution >= 0.6 is 0 Å². The first kappa shape index (κ1) is 11.4. The molecule has 0 spiro atoms. The predicted molar refractivity (Wildman–Crippen MR) is 79.8 cm³/mol. The van der Waals surface area contributed by atoms with Crippen molar-refractivity contribution in [2.45, 2.75) is 0 Å².